The molecule has 4 amide bonds. The number of carbonyl (C=O) groups excluding carboxylic acids is 3. The number of imide groups is 1. The quantitative estimate of drug-likeness (QED) is 0.738. The van der Waals surface area contributed by atoms with Crippen LogP contribution in [0.4, 0.5) is 10.5 Å². The van der Waals surface area contributed by atoms with Crippen LogP contribution in [0.5, 0.6) is 0 Å². The number of amides is 4. The molecule has 0 aromatic heterocycles. The van der Waals surface area contributed by atoms with Crippen LogP contribution in [0, 0.1) is 0 Å². The number of rotatable bonds is 3. The number of nitrogens with one attached hydrogen (secondary N) is 2. The summed E-state index contributed by atoms with van der Waals surface area (Å²) in [7, 11) is 0. The van der Waals surface area contributed by atoms with E-state index in [9.17, 15) is 14.4 Å². The second-order valence-corrected chi connectivity index (χ2v) is 7.71. The lowest BCUT2D eigenvalue weighted by Gasteiger charge is -2.33. The van der Waals surface area contributed by atoms with Crippen LogP contribution in [0.1, 0.15) is 24.0 Å². The Hall–Kier alpha value is -2.67. The third kappa shape index (κ3) is 3.12. The summed E-state index contributed by atoms with van der Waals surface area (Å²) in [5.41, 5.74) is 1.46. The van der Waals surface area contributed by atoms with Gasteiger partial charge in [0.2, 0.25) is 5.91 Å². The van der Waals surface area contributed by atoms with Gasteiger partial charge in [-0.3, -0.25) is 14.5 Å². The molecule has 7 heteroatoms. The van der Waals surface area contributed by atoms with Crippen molar-refractivity contribution < 1.29 is 14.4 Å². The van der Waals surface area contributed by atoms with Gasteiger partial charge in [-0.15, -0.1) is 0 Å². The molecule has 0 saturated carbocycles. The zero-order chi connectivity index (χ0) is 19.0. The Kier molecular flexibility index (Phi) is 4.47. The maximum atomic E-state index is 13.1. The molecule has 1 fully saturated rings. The average Bonchev–Trinajstić information content (AvgIpc) is 2.89. The lowest BCUT2D eigenvalue weighted by Crippen LogP contribution is -2.47. The smallest absolute Gasteiger partial charge is 0.325 e. The number of halogens is 1. The Morgan fingerprint density at radius 1 is 1.15 bits per heavy atom. The van der Waals surface area contributed by atoms with Crippen LogP contribution in [0.2, 0.25) is 0 Å². The summed E-state index contributed by atoms with van der Waals surface area (Å²) in [6.07, 6.45) is 2.23. The molecule has 2 aromatic carbocycles. The van der Waals surface area contributed by atoms with Gasteiger partial charge in [-0.05, 0) is 54.7 Å². The van der Waals surface area contributed by atoms with Crippen molar-refractivity contribution in [3.63, 3.8) is 0 Å². The number of hydrogen-bond acceptors (Lipinski definition) is 3. The highest BCUT2D eigenvalue weighted by molar-refractivity contribution is 9.10. The van der Waals surface area contributed by atoms with Crippen molar-refractivity contribution in [1.29, 1.82) is 0 Å². The average molecular weight is 428 g/mol. The molecule has 2 aromatic rings. The first-order valence-electron chi connectivity index (χ1n) is 8.77. The second-order valence-electron chi connectivity index (χ2n) is 6.79. The summed E-state index contributed by atoms with van der Waals surface area (Å²) in [6, 6.07) is 14.2. The second kappa shape index (κ2) is 6.81. The number of nitrogens with zero attached hydrogens (tertiary/aromatic N) is 1. The van der Waals surface area contributed by atoms with Crippen LogP contribution in [0.15, 0.2) is 53.0 Å². The molecule has 2 aliphatic rings. The normalized spacial score (nSPS) is 21.1. The standard InChI is InChI=1S/C20H18BrN3O3/c21-14-7-9-15(10-8-14)22-17(25)12-24-18(26)20(23-19(24)27)11-3-5-13-4-1-2-6-16(13)20/h1-2,4,6-10H,3,5,11-12H2,(H,22,25)(H,23,27). The first kappa shape index (κ1) is 17.7. The summed E-state index contributed by atoms with van der Waals surface area (Å²) < 4.78 is 0.896. The van der Waals surface area contributed by atoms with Gasteiger partial charge >= 0.3 is 6.03 Å². The number of carbonyl (C=O) groups is 3. The summed E-state index contributed by atoms with van der Waals surface area (Å²) in [5.74, 6) is -0.771. The Balaban J connectivity index is 1.54. The Bertz CT molecular complexity index is 928. The lowest BCUT2D eigenvalue weighted by atomic mass is 9.76. The van der Waals surface area contributed by atoms with E-state index in [-0.39, 0.29) is 12.5 Å². The largest absolute Gasteiger partial charge is 0.325 e. The molecule has 27 heavy (non-hydrogen) atoms. The van der Waals surface area contributed by atoms with Crippen molar-refractivity contribution in [3.05, 3.63) is 64.1 Å². The third-order valence-electron chi connectivity index (χ3n) is 5.08. The molecule has 138 valence electrons. The molecule has 1 heterocycles. The molecule has 1 atom stereocenters. The van der Waals surface area contributed by atoms with E-state index in [1.807, 2.05) is 24.3 Å². The van der Waals surface area contributed by atoms with Crippen LogP contribution in [0.25, 0.3) is 0 Å². The van der Waals surface area contributed by atoms with Crippen LogP contribution >= 0.6 is 15.9 Å². The number of benzene rings is 2. The van der Waals surface area contributed by atoms with E-state index in [2.05, 4.69) is 26.6 Å². The van der Waals surface area contributed by atoms with Crippen LogP contribution in [-0.4, -0.2) is 29.3 Å². The summed E-state index contributed by atoms with van der Waals surface area (Å²) in [6.45, 7) is -0.315. The fourth-order valence-corrected chi connectivity index (χ4v) is 4.10. The molecule has 4 rings (SSSR count). The first-order valence-corrected chi connectivity index (χ1v) is 9.57. The Morgan fingerprint density at radius 3 is 2.67 bits per heavy atom. The van der Waals surface area contributed by atoms with E-state index in [4.69, 9.17) is 0 Å². The van der Waals surface area contributed by atoms with Crippen molar-refractivity contribution in [1.82, 2.24) is 10.2 Å². The molecule has 1 aliphatic heterocycles. The number of fused-ring (bicyclic) bond motifs is 2. The Morgan fingerprint density at radius 2 is 1.89 bits per heavy atom. The van der Waals surface area contributed by atoms with Gasteiger partial charge in [-0.1, -0.05) is 40.2 Å². The number of aryl methyl sites for hydroxylation is 1. The molecule has 1 unspecified atom stereocenters. The van der Waals surface area contributed by atoms with E-state index in [1.165, 1.54) is 0 Å². The van der Waals surface area contributed by atoms with Gasteiger partial charge in [0.1, 0.15) is 12.1 Å². The molecular weight excluding hydrogens is 410 g/mol. The van der Waals surface area contributed by atoms with Crippen molar-refractivity contribution in [2.45, 2.75) is 24.8 Å². The molecule has 1 aliphatic carbocycles. The third-order valence-corrected chi connectivity index (χ3v) is 5.61. The maximum Gasteiger partial charge on any atom is 0.325 e. The molecular formula is C20H18BrN3O3. The molecule has 1 spiro atoms. The van der Waals surface area contributed by atoms with E-state index in [0.29, 0.717) is 12.1 Å². The van der Waals surface area contributed by atoms with Crippen molar-refractivity contribution in [2.24, 2.45) is 0 Å². The fraction of sp³-hybridized carbons (Fsp3) is 0.250. The van der Waals surface area contributed by atoms with Crippen LogP contribution in [0.3, 0.4) is 0 Å². The first-order chi connectivity index (χ1) is 13.0. The van der Waals surface area contributed by atoms with Crippen molar-refractivity contribution in [2.75, 3.05) is 11.9 Å². The number of urea groups is 1. The van der Waals surface area contributed by atoms with Gasteiger partial charge in [0.05, 0.1) is 0 Å². The lowest BCUT2D eigenvalue weighted by molar-refractivity contribution is -0.134. The zero-order valence-electron chi connectivity index (χ0n) is 14.5. The van der Waals surface area contributed by atoms with E-state index >= 15 is 0 Å². The van der Waals surface area contributed by atoms with Gasteiger partial charge in [-0.25, -0.2) is 4.79 Å². The maximum absolute atomic E-state index is 13.1. The van der Waals surface area contributed by atoms with Crippen molar-refractivity contribution >= 4 is 39.5 Å². The Labute approximate surface area is 165 Å². The van der Waals surface area contributed by atoms with E-state index < -0.39 is 17.5 Å². The van der Waals surface area contributed by atoms with Crippen molar-refractivity contribution in [3.8, 4) is 0 Å². The minimum atomic E-state index is -1.05. The minimum absolute atomic E-state index is 0.315. The van der Waals surface area contributed by atoms with Gasteiger partial charge < -0.3 is 10.6 Å². The summed E-state index contributed by atoms with van der Waals surface area (Å²) in [4.78, 5) is 39.0. The summed E-state index contributed by atoms with van der Waals surface area (Å²) >= 11 is 3.33. The van der Waals surface area contributed by atoms with Gasteiger partial charge in [-0.2, -0.15) is 0 Å². The monoisotopic (exact) mass is 427 g/mol. The predicted molar refractivity (Wildman–Crippen MR) is 104 cm³/mol. The van der Waals surface area contributed by atoms with Crippen LogP contribution in [-0.2, 0) is 21.5 Å². The highest BCUT2D eigenvalue weighted by Gasteiger charge is 2.54. The summed E-state index contributed by atoms with van der Waals surface area (Å²) in [5, 5.41) is 5.57. The molecule has 1 saturated heterocycles. The predicted octanol–water partition coefficient (Wildman–Crippen LogP) is 3.17. The molecule has 0 radical (unpaired) electrons. The van der Waals surface area contributed by atoms with E-state index in [0.717, 1.165) is 33.3 Å². The zero-order valence-corrected chi connectivity index (χ0v) is 16.1. The van der Waals surface area contributed by atoms with Crippen LogP contribution < -0.4 is 10.6 Å². The van der Waals surface area contributed by atoms with E-state index in [1.54, 1.807) is 24.3 Å². The topological polar surface area (TPSA) is 78.5 Å². The molecule has 2 N–H and O–H groups in total. The molecule has 0 bridgehead atoms. The number of hydrogen-bond donors (Lipinski definition) is 2. The molecule has 6 nitrogen and oxygen atoms in total. The fourth-order valence-electron chi connectivity index (χ4n) is 3.83. The van der Waals surface area contributed by atoms with Gasteiger partial charge in [0, 0.05) is 10.2 Å². The highest BCUT2D eigenvalue weighted by atomic mass is 79.9. The number of anilines is 1. The van der Waals surface area contributed by atoms with Gasteiger partial charge in [0.15, 0.2) is 0 Å². The SMILES string of the molecule is O=C(CN1C(=O)NC2(CCCc3ccccc32)C1=O)Nc1ccc(Br)cc1. The minimum Gasteiger partial charge on any atom is -0.325 e. The van der Waals surface area contributed by atoms with Gasteiger partial charge in [0.25, 0.3) is 5.91 Å². The highest BCUT2D eigenvalue weighted by Crippen LogP contribution is 2.39.